The van der Waals surface area contributed by atoms with Gasteiger partial charge in [-0.05, 0) is 0 Å². The first kappa shape index (κ1) is 21.0. The Balaban J connectivity index is 4.19. The van der Waals surface area contributed by atoms with Crippen LogP contribution < -0.4 is 11.5 Å². The second-order valence-electron chi connectivity index (χ2n) is 7.02. The molecule has 4 N–H and O–H groups in total. The summed E-state index contributed by atoms with van der Waals surface area (Å²) in [7, 11) is 0. The predicted octanol–water partition coefficient (Wildman–Crippen LogP) is 1.09. The van der Waals surface area contributed by atoms with E-state index in [0.717, 1.165) is 0 Å². The highest BCUT2D eigenvalue weighted by Gasteiger charge is 2.25. The fourth-order valence-electron chi connectivity index (χ4n) is 1.39. The Labute approximate surface area is 137 Å². The molecule has 7 nitrogen and oxygen atoms in total. The maximum Gasteiger partial charge on any atom is 0.353 e. The van der Waals surface area contributed by atoms with Crippen molar-refractivity contribution >= 4 is 11.9 Å². The Morgan fingerprint density at radius 2 is 1.09 bits per heavy atom. The molecule has 0 rings (SSSR count). The van der Waals surface area contributed by atoms with Gasteiger partial charge in [-0.1, -0.05) is 40.9 Å². The average Bonchev–Trinajstić information content (AvgIpc) is 2.41. The molecular weight excluding hydrogens is 300 g/mol. The van der Waals surface area contributed by atoms with Crippen LogP contribution in [0.25, 0.3) is 0 Å². The Hall–Kier alpha value is -2.02. The molecule has 0 bridgehead atoms. The van der Waals surface area contributed by atoms with E-state index in [1.165, 1.54) is 0 Å². The quantitative estimate of drug-likeness (QED) is 0.455. The number of carbonyl (C=O) groups is 2. The van der Waals surface area contributed by atoms with Crippen LogP contribution >= 0.6 is 0 Å². The number of rotatable bonds is 10. The van der Waals surface area contributed by atoms with Crippen LogP contribution in [0.1, 0.15) is 27.7 Å². The first-order valence-corrected chi connectivity index (χ1v) is 7.17. The zero-order valence-electron chi connectivity index (χ0n) is 14.4. The van der Waals surface area contributed by atoms with Crippen molar-refractivity contribution in [2.45, 2.75) is 27.7 Å². The summed E-state index contributed by atoms with van der Waals surface area (Å²) in [5.74, 6) is -1.26. The standard InChI is InChI=1S/C16H28N2O5/c1-11(17)13(19)22-9-15(3,4)7-21-8-16(5,6)10-23-14(20)12(2)18/h1-2,7-10,17-18H2,3-6H3. The molecule has 132 valence electrons. The number of carbonyl (C=O) groups excluding carboxylic acids is 2. The monoisotopic (exact) mass is 328 g/mol. The lowest BCUT2D eigenvalue weighted by molar-refractivity contribution is -0.145. The minimum absolute atomic E-state index is 0.133. The third kappa shape index (κ3) is 9.57. The van der Waals surface area contributed by atoms with E-state index in [2.05, 4.69) is 13.2 Å². The lowest BCUT2D eigenvalue weighted by Gasteiger charge is -2.28. The zero-order valence-corrected chi connectivity index (χ0v) is 14.4. The third-order valence-corrected chi connectivity index (χ3v) is 2.70. The number of hydrogen-bond acceptors (Lipinski definition) is 7. The molecule has 0 fully saturated rings. The largest absolute Gasteiger partial charge is 0.460 e. The van der Waals surface area contributed by atoms with Gasteiger partial charge in [-0.2, -0.15) is 0 Å². The van der Waals surface area contributed by atoms with E-state index in [-0.39, 0.29) is 35.4 Å². The molecule has 0 spiro atoms. The number of esters is 2. The minimum Gasteiger partial charge on any atom is -0.460 e. The van der Waals surface area contributed by atoms with Crippen LogP contribution in [0.5, 0.6) is 0 Å². The lowest BCUT2D eigenvalue weighted by Crippen LogP contribution is -2.33. The SMILES string of the molecule is C=C(N)C(=O)OCC(C)(C)COCC(C)(C)COC(=O)C(=C)N. The fourth-order valence-corrected chi connectivity index (χ4v) is 1.39. The summed E-state index contributed by atoms with van der Waals surface area (Å²) in [6.45, 7) is 15.2. The van der Waals surface area contributed by atoms with Gasteiger partial charge in [0.15, 0.2) is 0 Å². The molecule has 23 heavy (non-hydrogen) atoms. The summed E-state index contributed by atoms with van der Waals surface area (Å²) in [6, 6.07) is 0. The summed E-state index contributed by atoms with van der Waals surface area (Å²) in [5, 5.41) is 0. The first-order valence-electron chi connectivity index (χ1n) is 7.17. The summed E-state index contributed by atoms with van der Waals surface area (Å²) in [6.07, 6.45) is 0. The number of hydrogen-bond donors (Lipinski definition) is 2. The molecule has 7 heteroatoms. The van der Waals surface area contributed by atoms with Crippen LogP contribution in [-0.4, -0.2) is 38.4 Å². The molecule has 0 aliphatic carbocycles. The molecule has 0 saturated carbocycles. The van der Waals surface area contributed by atoms with Gasteiger partial charge in [0.25, 0.3) is 0 Å². The fraction of sp³-hybridized carbons (Fsp3) is 0.625. The smallest absolute Gasteiger partial charge is 0.353 e. The van der Waals surface area contributed by atoms with Gasteiger partial charge in [0.1, 0.15) is 11.4 Å². The maximum absolute atomic E-state index is 11.3. The molecular formula is C16H28N2O5. The number of nitrogens with two attached hydrogens (primary N) is 2. The Bertz CT molecular complexity index is 427. The molecule has 0 heterocycles. The Kier molecular flexibility index (Phi) is 7.82. The predicted molar refractivity (Wildman–Crippen MR) is 87.0 cm³/mol. The van der Waals surface area contributed by atoms with Gasteiger partial charge >= 0.3 is 11.9 Å². The van der Waals surface area contributed by atoms with Gasteiger partial charge in [0.05, 0.1) is 26.4 Å². The molecule has 0 aliphatic heterocycles. The highest BCUT2D eigenvalue weighted by Crippen LogP contribution is 2.21. The van der Waals surface area contributed by atoms with Gasteiger partial charge in [0.2, 0.25) is 0 Å². The summed E-state index contributed by atoms with van der Waals surface area (Å²) < 4.78 is 15.7. The van der Waals surface area contributed by atoms with Gasteiger partial charge in [-0.25, -0.2) is 9.59 Å². The van der Waals surface area contributed by atoms with Crippen molar-refractivity contribution in [2.75, 3.05) is 26.4 Å². The normalized spacial score (nSPS) is 11.7. The van der Waals surface area contributed by atoms with Crippen molar-refractivity contribution in [3.8, 4) is 0 Å². The maximum atomic E-state index is 11.3. The lowest BCUT2D eigenvalue weighted by atomic mass is 9.94. The summed E-state index contributed by atoms with van der Waals surface area (Å²) >= 11 is 0. The van der Waals surface area contributed by atoms with Gasteiger partial charge in [-0.3, -0.25) is 0 Å². The molecule has 0 radical (unpaired) electrons. The zero-order chi connectivity index (χ0) is 18.3. The van der Waals surface area contributed by atoms with E-state index in [1.807, 2.05) is 27.7 Å². The molecule has 0 aromatic carbocycles. The van der Waals surface area contributed by atoms with Gasteiger partial charge < -0.3 is 25.7 Å². The van der Waals surface area contributed by atoms with Crippen LogP contribution in [0.2, 0.25) is 0 Å². The van der Waals surface area contributed by atoms with E-state index in [9.17, 15) is 9.59 Å². The molecule has 0 aromatic heterocycles. The van der Waals surface area contributed by atoms with Crippen LogP contribution in [0.4, 0.5) is 0 Å². The molecule has 0 saturated heterocycles. The highest BCUT2D eigenvalue weighted by atomic mass is 16.5. The topological polar surface area (TPSA) is 114 Å². The van der Waals surface area contributed by atoms with Crippen molar-refractivity contribution in [3.05, 3.63) is 24.6 Å². The van der Waals surface area contributed by atoms with E-state index in [0.29, 0.717) is 13.2 Å². The molecule has 0 amide bonds. The van der Waals surface area contributed by atoms with Crippen molar-refractivity contribution in [3.63, 3.8) is 0 Å². The average molecular weight is 328 g/mol. The number of ether oxygens (including phenoxy) is 3. The van der Waals surface area contributed by atoms with Crippen LogP contribution in [0, 0.1) is 10.8 Å². The summed E-state index contributed by atoms with van der Waals surface area (Å²) in [5.41, 5.74) is 9.45. The van der Waals surface area contributed by atoms with E-state index >= 15 is 0 Å². The first-order chi connectivity index (χ1) is 10.4. The van der Waals surface area contributed by atoms with E-state index in [4.69, 9.17) is 25.7 Å². The van der Waals surface area contributed by atoms with Crippen LogP contribution in [-0.2, 0) is 23.8 Å². The van der Waals surface area contributed by atoms with Crippen molar-refractivity contribution in [2.24, 2.45) is 22.3 Å². The Morgan fingerprint density at radius 1 is 0.783 bits per heavy atom. The van der Waals surface area contributed by atoms with Gasteiger partial charge in [0, 0.05) is 10.8 Å². The minimum atomic E-state index is -0.632. The van der Waals surface area contributed by atoms with Crippen LogP contribution in [0.3, 0.4) is 0 Å². The molecule has 0 unspecified atom stereocenters. The van der Waals surface area contributed by atoms with Crippen molar-refractivity contribution in [1.82, 2.24) is 0 Å². The second kappa shape index (κ2) is 8.57. The van der Waals surface area contributed by atoms with Gasteiger partial charge in [-0.15, -0.1) is 0 Å². The Morgan fingerprint density at radius 3 is 1.35 bits per heavy atom. The van der Waals surface area contributed by atoms with Crippen molar-refractivity contribution < 1.29 is 23.8 Å². The third-order valence-electron chi connectivity index (χ3n) is 2.70. The van der Waals surface area contributed by atoms with E-state index < -0.39 is 11.9 Å². The van der Waals surface area contributed by atoms with Crippen molar-refractivity contribution in [1.29, 1.82) is 0 Å². The van der Waals surface area contributed by atoms with Crippen LogP contribution in [0.15, 0.2) is 24.6 Å². The second-order valence-corrected chi connectivity index (χ2v) is 7.02. The molecule has 0 aromatic rings. The summed E-state index contributed by atoms with van der Waals surface area (Å²) in [4.78, 5) is 22.5. The van der Waals surface area contributed by atoms with E-state index in [1.54, 1.807) is 0 Å². The highest BCUT2D eigenvalue weighted by molar-refractivity contribution is 5.86. The molecule has 0 aliphatic rings. The molecule has 0 atom stereocenters.